The molecule has 0 aliphatic carbocycles. The van der Waals surface area contributed by atoms with E-state index in [1.54, 1.807) is 0 Å². The van der Waals surface area contributed by atoms with Crippen molar-refractivity contribution in [2.45, 2.75) is 25.7 Å². The minimum absolute atomic E-state index is 0.0531. The third-order valence-electron chi connectivity index (χ3n) is 2.41. The van der Waals surface area contributed by atoms with Gasteiger partial charge < -0.3 is 5.11 Å². The van der Waals surface area contributed by atoms with E-state index in [9.17, 15) is 18.0 Å². The summed E-state index contributed by atoms with van der Waals surface area (Å²) in [5, 5.41) is 8.53. The lowest BCUT2D eigenvalue weighted by Gasteiger charge is -2.16. The molecule has 0 heterocycles. The second kappa shape index (κ2) is 5.01. The molecule has 1 aromatic carbocycles. The Balaban J connectivity index is 3.10. The highest BCUT2D eigenvalue weighted by Crippen LogP contribution is 2.30. The van der Waals surface area contributed by atoms with Crippen LogP contribution in [0, 0.1) is 12.7 Å². The van der Waals surface area contributed by atoms with E-state index in [0.717, 1.165) is 6.07 Å². The van der Waals surface area contributed by atoms with Gasteiger partial charge in [0.05, 0.1) is 12.3 Å². The number of alkyl halides is 2. The van der Waals surface area contributed by atoms with Gasteiger partial charge in [0.15, 0.2) is 0 Å². The van der Waals surface area contributed by atoms with Crippen LogP contribution in [0.1, 0.15) is 23.5 Å². The van der Waals surface area contributed by atoms with Gasteiger partial charge in [-0.05, 0) is 24.1 Å². The van der Waals surface area contributed by atoms with Crippen molar-refractivity contribution in [2.75, 3.05) is 0 Å². The molecule has 0 aliphatic heterocycles. The normalized spacial score (nSPS) is 12.8. The molecule has 0 saturated carbocycles. The first kappa shape index (κ1) is 12.5. The van der Waals surface area contributed by atoms with Crippen LogP contribution in [-0.4, -0.2) is 17.5 Å². The molecule has 1 aromatic rings. The molecule has 0 aromatic heterocycles. The minimum Gasteiger partial charge on any atom is -0.481 e. The van der Waals surface area contributed by atoms with Gasteiger partial charge in [0, 0.05) is 0 Å². The van der Waals surface area contributed by atoms with Gasteiger partial charge in [-0.25, -0.2) is 13.2 Å². The highest BCUT2D eigenvalue weighted by molar-refractivity contribution is 5.68. The maximum absolute atomic E-state index is 13.1. The zero-order valence-corrected chi connectivity index (χ0v) is 8.58. The van der Waals surface area contributed by atoms with Gasteiger partial charge in [-0.2, -0.15) is 0 Å². The number of carboxylic acid groups (broad SMARTS) is 1. The van der Waals surface area contributed by atoms with Crippen LogP contribution in [0.3, 0.4) is 0 Å². The smallest absolute Gasteiger partial charge is 0.304 e. The Morgan fingerprint density at radius 1 is 1.44 bits per heavy atom. The summed E-state index contributed by atoms with van der Waals surface area (Å²) in [5.41, 5.74) is 0.131. The topological polar surface area (TPSA) is 37.3 Å². The molecule has 0 amide bonds. The number of hydrogen-bond donors (Lipinski definition) is 1. The first-order chi connectivity index (χ1) is 7.43. The summed E-state index contributed by atoms with van der Waals surface area (Å²) in [6, 6.07) is 3.79. The van der Waals surface area contributed by atoms with E-state index in [2.05, 4.69) is 0 Å². The van der Waals surface area contributed by atoms with Crippen molar-refractivity contribution in [2.24, 2.45) is 0 Å². The fraction of sp³-hybridized carbons (Fsp3) is 0.364. The Labute approximate surface area is 90.7 Å². The van der Waals surface area contributed by atoms with E-state index in [4.69, 9.17) is 5.11 Å². The summed E-state index contributed by atoms with van der Waals surface area (Å²) in [7, 11) is 0. The monoisotopic (exact) mass is 232 g/mol. The molecule has 0 spiro atoms. The molecule has 16 heavy (non-hydrogen) atoms. The SMILES string of the molecule is Cc1c(F)cccc1C(CC(=O)O)C(F)F. The number of hydrogen-bond acceptors (Lipinski definition) is 1. The molecule has 0 fully saturated rings. The van der Waals surface area contributed by atoms with Crippen molar-refractivity contribution in [3.8, 4) is 0 Å². The maximum Gasteiger partial charge on any atom is 0.304 e. The molecular weight excluding hydrogens is 221 g/mol. The van der Waals surface area contributed by atoms with Gasteiger partial charge in [0.2, 0.25) is 6.43 Å². The second-order valence-electron chi connectivity index (χ2n) is 3.49. The zero-order chi connectivity index (χ0) is 12.3. The first-order valence-electron chi connectivity index (χ1n) is 4.68. The Hall–Kier alpha value is -1.52. The van der Waals surface area contributed by atoms with E-state index < -0.39 is 30.6 Å². The number of carboxylic acids is 1. The quantitative estimate of drug-likeness (QED) is 0.866. The number of rotatable bonds is 4. The largest absolute Gasteiger partial charge is 0.481 e. The van der Waals surface area contributed by atoms with Crippen LogP contribution in [0.5, 0.6) is 0 Å². The highest BCUT2D eigenvalue weighted by Gasteiger charge is 2.27. The van der Waals surface area contributed by atoms with E-state index in [1.807, 2.05) is 0 Å². The summed E-state index contributed by atoms with van der Waals surface area (Å²) in [5.74, 6) is -3.39. The average molecular weight is 232 g/mol. The van der Waals surface area contributed by atoms with E-state index in [-0.39, 0.29) is 11.1 Å². The fourth-order valence-corrected chi connectivity index (χ4v) is 1.55. The molecule has 0 saturated heterocycles. The van der Waals surface area contributed by atoms with Crippen molar-refractivity contribution in [1.82, 2.24) is 0 Å². The highest BCUT2D eigenvalue weighted by atomic mass is 19.3. The molecule has 0 bridgehead atoms. The average Bonchev–Trinajstić information content (AvgIpc) is 2.18. The predicted octanol–water partition coefficient (Wildman–Crippen LogP) is 2.96. The van der Waals surface area contributed by atoms with E-state index >= 15 is 0 Å². The fourth-order valence-electron chi connectivity index (χ4n) is 1.55. The molecule has 1 unspecified atom stereocenters. The summed E-state index contributed by atoms with van der Waals surface area (Å²) in [4.78, 5) is 10.5. The summed E-state index contributed by atoms with van der Waals surface area (Å²) in [6.45, 7) is 1.36. The molecule has 0 radical (unpaired) electrons. The second-order valence-corrected chi connectivity index (χ2v) is 3.49. The Kier molecular flexibility index (Phi) is 3.93. The lowest BCUT2D eigenvalue weighted by molar-refractivity contribution is -0.138. The van der Waals surface area contributed by atoms with Crippen molar-refractivity contribution >= 4 is 5.97 Å². The van der Waals surface area contributed by atoms with Gasteiger partial charge in [0.25, 0.3) is 0 Å². The van der Waals surface area contributed by atoms with Crippen molar-refractivity contribution in [3.63, 3.8) is 0 Å². The molecule has 0 aliphatic rings. The number of benzene rings is 1. The van der Waals surface area contributed by atoms with E-state index in [1.165, 1.54) is 19.1 Å². The first-order valence-corrected chi connectivity index (χ1v) is 4.68. The number of halogens is 3. The third-order valence-corrected chi connectivity index (χ3v) is 2.41. The van der Waals surface area contributed by atoms with Gasteiger partial charge in [-0.1, -0.05) is 12.1 Å². The lowest BCUT2D eigenvalue weighted by Crippen LogP contribution is -2.15. The Bertz CT molecular complexity index is 391. The van der Waals surface area contributed by atoms with Crippen molar-refractivity contribution in [1.29, 1.82) is 0 Å². The minimum atomic E-state index is -2.82. The summed E-state index contributed by atoms with van der Waals surface area (Å²) < 4.78 is 38.5. The zero-order valence-electron chi connectivity index (χ0n) is 8.58. The van der Waals surface area contributed by atoms with Crippen LogP contribution in [0.25, 0.3) is 0 Å². The van der Waals surface area contributed by atoms with Crippen LogP contribution in [0.4, 0.5) is 13.2 Å². The molecule has 1 N–H and O–H groups in total. The molecule has 5 heteroatoms. The maximum atomic E-state index is 13.1. The lowest BCUT2D eigenvalue weighted by atomic mass is 9.92. The predicted molar refractivity (Wildman–Crippen MR) is 52.1 cm³/mol. The van der Waals surface area contributed by atoms with Gasteiger partial charge in [-0.15, -0.1) is 0 Å². The van der Waals surface area contributed by atoms with Gasteiger partial charge >= 0.3 is 5.97 Å². The van der Waals surface area contributed by atoms with Crippen LogP contribution in [0.2, 0.25) is 0 Å². The van der Waals surface area contributed by atoms with Crippen LogP contribution in [-0.2, 0) is 4.79 Å². The number of carbonyl (C=O) groups is 1. The summed E-state index contributed by atoms with van der Waals surface area (Å²) >= 11 is 0. The van der Waals surface area contributed by atoms with Crippen molar-refractivity contribution < 1.29 is 23.1 Å². The Morgan fingerprint density at radius 3 is 2.56 bits per heavy atom. The van der Waals surface area contributed by atoms with E-state index in [0.29, 0.717) is 0 Å². The van der Waals surface area contributed by atoms with Gasteiger partial charge in [0.1, 0.15) is 5.82 Å². The van der Waals surface area contributed by atoms with Crippen LogP contribution >= 0.6 is 0 Å². The van der Waals surface area contributed by atoms with Crippen molar-refractivity contribution in [3.05, 3.63) is 35.1 Å². The molecule has 88 valence electrons. The molecule has 2 nitrogen and oxygen atoms in total. The number of aliphatic carboxylic acids is 1. The third kappa shape index (κ3) is 2.74. The summed E-state index contributed by atoms with van der Waals surface area (Å²) in [6.07, 6.45) is -3.53. The standard InChI is InChI=1S/C11H11F3O2/c1-6-7(3-2-4-9(6)12)8(11(13)14)5-10(15)16/h2-4,8,11H,5H2,1H3,(H,15,16). The van der Waals surface area contributed by atoms with Gasteiger partial charge in [-0.3, -0.25) is 4.79 Å². The Morgan fingerprint density at radius 2 is 2.06 bits per heavy atom. The van der Waals surface area contributed by atoms with Crippen LogP contribution < -0.4 is 0 Å². The van der Waals surface area contributed by atoms with Crippen LogP contribution in [0.15, 0.2) is 18.2 Å². The molecule has 1 rings (SSSR count). The molecular formula is C11H11F3O2. The molecule has 1 atom stereocenters.